The summed E-state index contributed by atoms with van der Waals surface area (Å²) in [6.07, 6.45) is 5.58. The van der Waals surface area contributed by atoms with Crippen LogP contribution in [0.15, 0.2) is 60.7 Å². The molecule has 144 valence electrons. The van der Waals surface area contributed by atoms with Crippen molar-refractivity contribution in [3.05, 3.63) is 71.8 Å². The molecule has 2 heterocycles. The summed E-state index contributed by atoms with van der Waals surface area (Å²) in [7, 11) is 0. The predicted molar refractivity (Wildman–Crippen MR) is 112 cm³/mol. The lowest BCUT2D eigenvalue weighted by atomic mass is 9.89. The first-order valence-electron chi connectivity index (χ1n) is 9.88. The maximum Gasteiger partial charge on any atom is 0.223 e. The van der Waals surface area contributed by atoms with Gasteiger partial charge in [0.25, 0.3) is 0 Å². The number of piperidine rings is 1. The number of fused-ring (bicyclic) bond motifs is 2. The van der Waals surface area contributed by atoms with E-state index >= 15 is 0 Å². The summed E-state index contributed by atoms with van der Waals surface area (Å²) < 4.78 is 0. The van der Waals surface area contributed by atoms with Gasteiger partial charge >= 0.3 is 0 Å². The topological polar surface area (TPSA) is 32.3 Å². The third-order valence-electron chi connectivity index (χ3n) is 5.82. The fourth-order valence-electron chi connectivity index (χ4n) is 4.56. The summed E-state index contributed by atoms with van der Waals surface area (Å²) >= 11 is 0. The Kier molecular flexibility index (Phi) is 6.92. The Hall–Kier alpha value is -1.84. The number of rotatable bonds is 6. The minimum absolute atomic E-state index is 0. The number of carbonyl (C=O) groups is 1. The highest BCUT2D eigenvalue weighted by Gasteiger charge is 2.34. The Balaban J connectivity index is 0.00000210. The summed E-state index contributed by atoms with van der Waals surface area (Å²) in [6.45, 7) is 1.37. The second-order valence-electron chi connectivity index (χ2n) is 7.90. The first kappa shape index (κ1) is 19.9. The van der Waals surface area contributed by atoms with E-state index in [0.29, 0.717) is 43.4 Å². The molecular formula is C23H29ClN2O. The van der Waals surface area contributed by atoms with Gasteiger partial charge in [0.2, 0.25) is 5.91 Å². The Bertz CT molecular complexity index is 668. The number of nitrogens with zero attached hydrogens (tertiary/aromatic N) is 1. The molecule has 2 atom stereocenters. The molecule has 4 heteroatoms. The van der Waals surface area contributed by atoms with Gasteiger partial charge in [-0.15, -0.1) is 12.4 Å². The molecule has 0 saturated carbocycles. The van der Waals surface area contributed by atoms with Crippen molar-refractivity contribution in [2.24, 2.45) is 5.92 Å². The number of halogens is 1. The van der Waals surface area contributed by atoms with Gasteiger partial charge in [-0.1, -0.05) is 60.7 Å². The second-order valence-corrected chi connectivity index (χ2v) is 7.90. The lowest BCUT2D eigenvalue weighted by Crippen LogP contribution is -2.40. The van der Waals surface area contributed by atoms with Crippen LogP contribution in [0.5, 0.6) is 0 Å². The number of hydrogen-bond acceptors (Lipinski definition) is 2. The zero-order chi connectivity index (χ0) is 17.8. The predicted octanol–water partition coefficient (Wildman–Crippen LogP) is 4.56. The zero-order valence-corrected chi connectivity index (χ0v) is 16.5. The Morgan fingerprint density at radius 2 is 1.33 bits per heavy atom. The smallest absolute Gasteiger partial charge is 0.223 e. The lowest BCUT2D eigenvalue weighted by molar-refractivity contribution is -0.133. The fraction of sp³-hybridized carbons (Fsp3) is 0.435. The molecule has 2 aromatic rings. The van der Waals surface area contributed by atoms with Crippen molar-refractivity contribution in [3.8, 4) is 0 Å². The van der Waals surface area contributed by atoms with E-state index in [-0.39, 0.29) is 12.4 Å². The van der Waals surface area contributed by atoms with Crippen LogP contribution in [0.3, 0.4) is 0 Å². The van der Waals surface area contributed by atoms with Gasteiger partial charge in [0, 0.05) is 31.6 Å². The second kappa shape index (κ2) is 9.38. The minimum atomic E-state index is 0. The molecule has 2 saturated heterocycles. The maximum atomic E-state index is 13.2. The number of nitrogens with one attached hydrogen (secondary N) is 1. The molecule has 2 aromatic carbocycles. The first-order valence-corrected chi connectivity index (χ1v) is 9.88. The number of carbonyl (C=O) groups excluding carboxylic acids is 1. The Morgan fingerprint density at radius 1 is 0.852 bits per heavy atom. The molecule has 27 heavy (non-hydrogen) atoms. The van der Waals surface area contributed by atoms with Crippen LogP contribution in [0, 0.1) is 5.92 Å². The standard InChI is InChI=1S/C23H28N2O.ClH/c26-23(15-20-13-21-11-12-22(14-20)24-21)25(16-18-7-3-1-4-8-18)17-19-9-5-2-6-10-19;/h1-10,20-22,24H,11-17H2;1H. The zero-order valence-electron chi connectivity index (χ0n) is 15.7. The SMILES string of the molecule is Cl.O=C(CC1CC2CCC(C1)N2)N(Cc1ccccc1)Cc1ccccc1. The average Bonchev–Trinajstić information content (AvgIpc) is 3.01. The molecule has 0 spiro atoms. The van der Waals surface area contributed by atoms with E-state index in [1.165, 1.54) is 24.0 Å². The van der Waals surface area contributed by atoms with Crippen LogP contribution in [0.4, 0.5) is 0 Å². The first-order chi connectivity index (χ1) is 12.8. The molecule has 1 N–H and O–H groups in total. The molecule has 2 unspecified atom stereocenters. The van der Waals surface area contributed by atoms with E-state index in [9.17, 15) is 4.79 Å². The highest BCUT2D eigenvalue weighted by atomic mass is 35.5. The molecule has 2 fully saturated rings. The quantitative estimate of drug-likeness (QED) is 0.791. The van der Waals surface area contributed by atoms with Crippen molar-refractivity contribution in [1.29, 1.82) is 0 Å². The molecule has 0 radical (unpaired) electrons. The van der Waals surface area contributed by atoms with E-state index in [1.54, 1.807) is 0 Å². The molecule has 2 bridgehead atoms. The van der Waals surface area contributed by atoms with Crippen LogP contribution in [-0.4, -0.2) is 22.9 Å². The maximum absolute atomic E-state index is 13.2. The van der Waals surface area contributed by atoms with Gasteiger partial charge in [-0.25, -0.2) is 0 Å². The van der Waals surface area contributed by atoms with Crippen molar-refractivity contribution in [3.63, 3.8) is 0 Å². The van der Waals surface area contributed by atoms with Crippen molar-refractivity contribution in [1.82, 2.24) is 10.2 Å². The summed E-state index contributed by atoms with van der Waals surface area (Å²) in [5.41, 5.74) is 2.39. The van der Waals surface area contributed by atoms with Crippen LogP contribution in [0.1, 0.15) is 43.2 Å². The van der Waals surface area contributed by atoms with E-state index in [2.05, 4.69) is 29.6 Å². The van der Waals surface area contributed by atoms with Crippen molar-refractivity contribution >= 4 is 18.3 Å². The van der Waals surface area contributed by atoms with Gasteiger partial charge in [-0.05, 0) is 42.7 Å². The van der Waals surface area contributed by atoms with Gasteiger partial charge in [-0.3, -0.25) is 4.79 Å². The van der Waals surface area contributed by atoms with Gasteiger partial charge in [0.05, 0.1) is 0 Å². The number of benzene rings is 2. The monoisotopic (exact) mass is 384 g/mol. The van der Waals surface area contributed by atoms with Crippen LogP contribution < -0.4 is 5.32 Å². The third-order valence-corrected chi connectivity index (χ3v) is 5.82. The molecule has 3 nitrogen and oxygen atoms in total. The van der Waals surface area contributed by atoms with Gasteiger partial charge in [0.1, 0.15) is 0 Å². The molecule has 4 rings (SSSR count). The van der Waals surface area contributed by atoms with Crippen molar-refractivity contribution in [2.45, 2.75) is 57.3 Å². The van der Waals surface area contributed by atoms with Gasteiger partial charge < -0.3 is 10.2 Å². The summed E-state index contributed by atoms with van der Waals surface area (Å²) in [5.74, 6) is 0.833. The largest absolute Gasteiger partial charge is 0.334 e. The molecule has 0 aliphatic carbocycles. The van der Waals surface area contributed by atoms with Crippen LogP contribution in [0.25, 0.3) is 0 Å². The van der Waals surface area contributed by atoms with Crippen LogP contribution in [-0.2, 0) is 17.9 Å². The van der Waals surface area contributed by atoms with E-state index in [4.69, 9.17) is 0 Å². The van der Waals surface area contributed by atoms with E-state index in [0.717, 1.165) is 12.8 Å². The van der Waals surface area contributed by atoms with E-state index < -0.39 is 0 Å². The fourth-order valence-corrected chi connectivity index (χ4v) is 4.56. The third kappa shape index (κ3) is 5.33. The molecule has 2 aliphatic rings. The van der Waals surface area contributed by atoms with Gasteiger partial charge in [-0.2, -0.15) is 0 Å². The summed E-state index contributed by atoms with van der Waals surface area (Å²) in [4.78, 5) is 15.2. The van der Waals surface area contributed by atoms with Crippen molar-refractivity contribution in [2.75, 3.05) is 0 Å². The Labute approximate surface area is 168 Å². The average molecular weight is 385 g/mol. The normalized spacial score (nSPS) is 23.5. The molecular weight excluding hydrogens is 356 g/mol. The van der Waals surface area contributed by atoms with E-state index in [1.807, 2.05) is 41.3 Å². The van der Waals surface area contributed by atoms with Crippen molar-refractivity contribution < 1.29 is 4.79 Å². The molecule has 0 aromatic heterocycles. The highest BCUT2D eigenvalue weighted by molar-refractivity contribution is 5.85. The number of hydrogen-bond donors (Lipinski definition) is 1. The lowest BCUT2D eigenvalue weighted by Gasteiger charge is -2.31. The molecule has 2 aliphatic heterocycles. The van der Waals surface area contributed by atoms with Crippen LogP contribution in [0.2, 0.25) is 0 Å². The van der Waals surface area contributed by atoms with Crippen LogP contribution >= 0.6 is 12.4 Å². The highest BCUT2D eigenvalue weighted by Crippen LogP contribution is 2.33. The summed E-state index contributed by atoms with van der Waals surface area (Å²) in [5, 5.41) is 3.68. The number of amides is 1. The minimum Gasteiger partial charge on any atom is -0.334 e. The van der Waals surface area contributed by atoms with Gasteiger partial charge in [0.15, 0.2) is 0 Å². The Morgan fingerprint density at radius 3 is 1.81 bits per heavy atom. The molecule has 1 amide bonds. The summed E-state index contributed by atoms with van der Waals surface area (Å²) in [6, 6.07) is 21.9.